The van der Waals surface area contributed by atoms with Gasteiger partial charge in [-0.25, -0.2) is 0 Å². The van der Waals surface area contributed by atoms with Crippen LogP contribution in [0.4, 0.5) is 0 Å². The van der Waals surface area contributed by atoms with E-state index in [1.165, 1.54) is 0 Å². The Morgan fingerprint density at radius 3 is 2.58 bits per heavy atom. The molecule has 0 aliphatic carbocycles. The van der Waals surface area contributed by atoms with Crippen LogP contribution in [-0.4, -0.2) is 76.9 Å². The molecule has 0 radical (unpaired) electrons. The number of methoxy groups -OCH3 is 3. The molecule has 0 unspecified atom stereocenters. The van der Waals surface area contributed by atoms with Gasteiger partial charge in [0.2, 0.25) is 5.75 Å². The molecule has 1 aromatic rings. The second-order valence-corrected chi connectivity index (χ2v) is 5.91. The lowest BCUT2D eigenvalue weighted by atomic mass is 10.2. The van der Waals surface area contributed by atoms with Crippen LogP contribution >= 0.6 is 12.2 Å². The Kier molecular flexibility index (Phi) is 8.39. The molecular formula is C17H26N4O4S. The van der Waals surface area contributed by atoms with E-state index in [1.54, 1.807) is 33.6 Å². The first-order valence-corrected chi connectivity index (χ1v) is 8.76. The molecule has 2 N–H and O–H groups in total. The van der Waals surface area contributed by atoms with Crippen LogP contribution in [0.1, 0.15) is 5.56 Å². The van der Waals surface area contributed by atoms with Crippen LogP contribution in [-0.2, 0) is 4.74 Å². The number of thiocarbonyl (C=S) groups is 1. The largest absolute Gasteiger partial charge is 0.493 e. The molecule has 8 nitrogen and oxygen atoms in total. The van der Waals surface area contributed by atoms with Crippen molar-refractivity contribution in [2.75, 3.05) is 60.7 Å². The zero-order valence-electron chi connectivity index (χ0n) is 15.4. The number of rotatable bonds is 8. The Bertz CT molecular complexity index is 621. The first kappa shape index (κ1) is 20.2. The molecule has 26 heavy (non-hydrogen) atoms. The highest BCUT2D eigenvalue weighted by Gasteiger charge is 2.14. The molecular weight excluding hydrogens is 356 g/mol. The van der Waals surface area contributed by atoms with Crippen LogP contribution in [0.15, 0.2) is 17.2 Å². The normalized spacial score (nSPS) is 14.9. The van der Waals surface area contributed by atoms with E-state index in [2.05, 4.69) is 20.7 Å². The predicted octanol–water partition coefficient (Wildman–Crippen LogP) is 0.843. The van der Waals surface area contributed by atoms with Gasteiger partial charge in [-0.3, -0.25) is 10.3 Å². The van der Waals surface area contributed by atoms with Crippen LogP contribution in [0.25, 0.3) is 0 Å². The van der Waals surface area contributed by atoms with Crippen molar-refractivity contribution in [3.8, 4) is 17.2 Å². The highest BCUT2D eigenvalue weighted by molar-refractivity contribution is 7.80. The molecule has 9 heteroatoms. The molecule has 1 saturated heterocycles. The number of nitrogens with zero attached hydrogens (tertiary/aromatic N) is 2. The van der Waals surface area contributed by atoms with Crippen LogP contribution in [0.5, 0.6) is 17.2 Å². The smallest absolute Gasteiger partial charge is 0.203 e. The van der Waals surface area contributed by atoms with Crippen molar-refractivity contribution in [3.05, 3.63) is 17.7 Å². The quantitative estimate of drug-likeness (QED) is 0.389. The molecule has 1 heterocycles. The van der Waals surface area contributed by atoms with Crippen LogP contribution in [0.2, 0.25) is 0 Å². The Balaban J connectivity index is 1.84. The van der Waals surface area contributed by atoms with Crippen LogP contribution < -0.4 is 25.0 Å². The van der Waals surface area contributed by atoms with Gasteiger partial charge in [-0.2, -0.15) is 5.10 Å². The minimum absolute atomic E-state index is 0.467. The van der Waals surface area contributed by atoms with Crippen LogP contribution in [0, 0.1) is 0 Å². The molecule has 0 atom stereocenters. The number of morpholine rings is 1. The average molecular weight is 382 g/mol. The average Bonchev–Trinajstić information content (AvgIpc) is 2.68. The summed E-state index contributed by atoms with van der Waals surface area (Å²) in [5.74, 6) is 1.66. The molecule has 1 aromatic carbocycles. The lowest BCUT2D eigenvalue weighted by molar-refractivity contribution is 0.0389. The van der Waals surface area contributed by atoms with E-state index >= 15 is 0 Å². The van der Waals surface area contributed by atoms with E-state index in [1.807, 2.05) is 6.07 Å². The summed E-state index contributed by atoms with van der Waals surface area (Å²) in [5, 5.41) is 7.76. The van der Waals surface area contributed by atoms with Crippen molar-refractivity contribution in [1.82, 2.24) is 15.6 Å². The van der Waals surface area contributed by atoms with Crippen molar-refractivity contribution in [2.24, 2.45) is 5.10 Å². The van der Waals surface area contributed by atoms with Gasteiger partial charge in [0.15, 0.2) is 16.6 Å². The Labute approximate surface area is 159 Å². The van der Waals surface area contributed by atoms with Gasteiger partial charge in [0.25, 0.3) is 0 Å². The zero-order valence-corrected chi connectivity index (χ0v) is 16.2. The third-order valence-electron chi connectivity index (χ3n) is 3.92. The highest BCUT2D eigenvalue weighted by atomic mass is 32.1. The maximum Gasteiger partial charge on any atom is 0.203 e. The van der Waals surface area contributed by atoms with Gasteiger partial charge in [0.1, 0.15) is 0 Å². The van der Waals surface area contributed by atoms with E-state index in [-0.39, 0.29) is 0 Å². The van der Waals surface area contributed by atoms with Gasteiger partial charge in [0.05, 0.1) is 40.8 Å². The Hall–Kier alpha value is -2.10. The third-order valence-corrected chi connectivity index (χ3v) is 4.16. The molecule has 0 spiro atoms. The molecule has 0 saturated carbocycles. The third kappa shape index (κ3) is 5.72. The van der Waals surface area contributed by atoms with Gasteiger partial charge in [-0.05, 0) is 24.4 Å². The molecule has 2 rings (SSSR count). The Morgan fingerprint density at radius 1 is 1.19 bits per heavy atom. The number of hydrogen-bond acceptors (Lipinski definition) is 7. The summed E-state index contributed by atoms with van der Waals surface area (Å²) in [5.41, 5.74) is 3.55. The fourth-order valence-corrected chi connectivity index (χ4v) is 2.73. The van der Waals surface area contributed by atoms with E-state index in [4.69, 9.17) is 31.2 Å². The molecule has 0 bridgehead atoms. The van der Waals surface area contributed by atoms with E-state index in [9.17, 15) is 0 Å². The summed E-state index contributed by atoms with van der Waals surface area (Å²) in [6, 6.07) is 3.63. The van der Waals surface area contributed by atoms with Gasteiger partial charge in [-0.1, -0.05) is 0 Å². The number of nitrogens with one attached hydrogen (secondary N) is 2. The zero-order chi connectivity index (χ0) is 18.8. The first-order chi connectivity index (χ1) is 12.7. The highest BCUT2D eigenvalue weighted by Crippen LogP contribution is 2.38. The lowest BCUT2D eigenvalue weighted by Gasteiger charge is -2.26. The summed E-state index contributed by atoms with van der Waals surface area (Å²) in [6.07, 6.45) is 1.62. The summed E-state index contributed by atoms with van der Waals surface area (Å²) in [7, 11) is 4.71. The summed E-state index contributed by atoms with van der Waals surface area (Å²) < 4.78 is 21.4. The number of hydrazone groups is 1. The lowest BCUT2D eigenvalue weighted by Crippen LogP contribution is -2.42. The molecule has 144 valence electrons. The van der Waals surface area contributed by atoms with Gasteiger partial charge in [0, 0.05) is 31.7 Å². The summed E-state index contributed by atoms with van der Waals surface area (Å²) in [4.78, 5) is 2.33. The minimum Gasteiger partial charge on any atom is -0.493 e. The summed E-state index contributed by atoms with van der Waals surface area (Å²) >= 11 is 5.23. The standard InChI is InChI=1S/C17H26N4O4S/c1-22-14-5-4-13(15(23-2)16(14)24-3)12-19-20-17(26)18-6-7-21-8-10-25-11-9-21/h4-5,12H,6-11H2,1-3H3,(H2,18,20,26)/b19-12-. The first-order valence-electron chi connectivity index (χ1n) is 8.35. The molecule has 1 aliphatic rings. The second-order valence-electron chi connectivity index (χ2n) is 5.50. The molecule has 1 fully saturated rings. The fourth-order valence-electron chi connectivity index (χ4n) is 2.58. The molecule has 0 aromatic heterocycles. The van der Waals surface area contributed by atoms with Crippen molar-refractivity contribution in [2.45, 2.75) is 0 Å². The van der Waals surface area contributed by atoms with Crippen molar-refractivity contribution in [1.29, 1.82) is 0 Å². The van der Waals surface area contributed by atoms with E-state index in [0.717, 1.165) is 45.0 Å². The minimum atomic E-state index is 0.467. The number of hydrogen-bond donors (Lipinski definition) is 2. The predicted molar refractivity (Wildman–Crippen MR) is 105 cm³/mol. The monoisotopic (exact) mass is 382 g/mol. The topological polar surface area (TPSA) is 76.6 Å². The van der Waals surface area contributed by atoms with E-state index < -0.39 is 0 Å². The van der Waals surface area contributed by atoms with Crippen molar-refractivity contribution < 1.29 is 18.9 Å². The molecule has 1 aliphatic heterocycles. The van der Waals surface area contributed by atoms with Gasteiger partial charge in [-0.15, -0.1) is 0 Å². The SMILES string of the molecule is COc1ccc(/C=N\NC(=S)NCCN2CCOCC2)c(OC)c1OC. The van der Waals surface area contributed by atoms with Gasteiger partial charge < -0.3 is 24.3 Å². The Morgan fingerprint density at radius 2 is 1.92 bits per heavy atom. The van der Waals surface area contributed by atoms with Gasteiger partial charge >= 0.3 is 0 Å². The van der Waals surface area contributed by atoms with Crippen molar-refractivity contribution in [3.63, 3.8) is 0 Å². The summed E-state index contributed by atoms with van der Waals surface area (Å²) in [6.45, 7) is 5.16. The van der Waals surface area contributed by atoms with E-state index in [0.29, 0.717) is 22.4 Å². The second kappa shape index (κ2) is 10.8. The molecule has 0 amide bonds. The number of ether oxygens (including phenoxy) is 4. The number of benzene rings is 1. The van der Waals surface area contributed by atoms with Crippen LogP contribution in [0.3, 0.4) is 0 Å². The maximum absolute atomic E-state index is 5.41. The fraction of sp³-hybridized carbons (Fsp3) is 0.529. The van der Waals surface area contributed by atoms with Crippen molar-refractivity contribution >= 4 is 23.5 Å². The maximum atomic E-state index is 5.41.